The smallest absolute Gasteiger partial charge is 0.257 e. The van der Waals surface area contributed by atoms with Crippen LogP contribution in [0, 0.1) is 0 Å². The number of benzene rings is 1. The average Bonchev–Trinajstić information content (AvgIpc) is 2.46. The van der Waals surface area contributed by atoms with E-state index in [1.54, 1.807) is 13.2 Å². The van der Waals surface area contributed by atoms with Gasteiger partial charge in [-0.05, 0) is 44.4 Å². The molecule has 0 spiro atoms. The maximum Gasteiger partial charge on any atom is 0.257 e. The van der Waals surface area contributed by atoms with Crippen LogP contribution in [0.25, 0.3) is 0 Å². The zero-order valence-electron chi connectivity index (χ0n) is 11.9. The molecule has 1 aromatic carbocycles. The van der Waals surface area contributed by atoms with E-state index in [2.05, 4.69) is 15.9 Å². The van der Waals surface area contributed by atoms with Gasteiger partial charge in [0.1, 0.15) is 5.75 Å². The van der Waals surface area contributed by atoms with Gasteiger partial charge in [-0.25, -0.2) is 0 Å². The third-order valence-electron chi connectivity index (χ3n) is 3.81. The normalized spacial score (nSPS) is 20.6. The van der Waals surface area contributed by atoms with E-state index in [-0.39, 0.29) is 18.0 Å². The monoisotopic (exact) mass is 340 g/mol. The van der Waals surface area contributed by atoms with E-state index in [0.717, 1.165) is 30.3 Å². The van der Waals surface area contributed by atoms with Gasteiger partial charge in [-0.15, -0.1) is 0 Å². The minimum absolute atomic E-state index is 0.0105. The summed E-state index contributed by atoms with van der Waals surface area (Å²) in [5.74, 6) is 0.606. The number of hydrogen-bond donors (Lipinski definition) is 1. The Labute approximate surface area is 128 Å². The molecule has 0 radical (unpaired) electrons. The SMILES string of the molecule is COc1cc(Br)ccc1C(=O)N1CCCCC1C(C)N. The van der Waals surface area contributed by atoms with Crippen molar-refractivity contribution in [3.8, 4) is 5.75 Å². The second-order valence-corrected chi connectivity index (χ2v) is 6.18. The molecule has 2 unspecified atom stereocenters. The summed E-state index contributed by atoms with van der Waals surface area (Å²) < 4.78 is 6.22. The highest BCUT2D eigenvalue weighted by molar-refractivity contribution is 9.10. The number of piperidine rings is 1. The fraction of sp³-hybridized carbons (Fsp3) is 0.533. The quantitative estimate of drug-likeness (QED) is 0.920. The zero-order valence-corrected chi connectivity index (χ0v) is 13.5. The molecule has 2 atom stereocenters. The van der Waals surface area contributed by atoms with E-state index >= 15 is 0 Å². The maximum absolute atomic E-state index is 12.8. The number of ether oxygens (including phenoxy) is 1. The Kier molecular flexibility index (Phi) is 5.05. The van der Waals surface area contributed by atoms with Gasteiger partial charge in [-0.1, -0.05) is 15.9 Å². The first-order valence-electron chi connectivity index (χ1n) is 6.94. The molecule has 0 bridgehead atoms. The molecule has 1 aromatic rings. The third kappa shape index (κ3) is 3.15. The molecular formula is C15H21BrN2O2. The number of nitrogens with zero attached hydrogens (tertiary/aromatic N) is 1. The first kappa shape index (κ1) is 15.3. The molecule has 1 amide bonds. The molecule has 1 saturated heterocycles. The Hall–Kier alpha value is -1.07. The van der Waals surface area contributed by atoms with Crippen LogP contribution in [0.4, 0.5) is 0 Å². The number of methoxy groups -OCH3 is 1. The molecule has 4 nitrogen and oxygen atoms in total. The molecule has 1 heterocycles. The molecule has 1 aliphatic rings. The van der Waals surface area contributed by atoms with E-state index in [0.29, 0.717) is 11.3 Å². The summed E-state index contributed by atoms with van der Waals surface area (Å²) in [5.41, 5.74) is 6.64. The third-order valence-corrected chi connectivity index (χ3v) is 4.30. The zero-order chi connectivity index (χ0) is 14.7. The summed E-state index contributed by atoms with van der Waals surface area (Å²) in [4.78, 5) is 14.7. The Balaban J connectivity index is 2.29. The minimum atomic E-state index is -0.0132. The lowest BCUT2D eigenvalue weighted by atomic mass is 9.96. The van der Waals surface area contributed by atoms with Gasteiger partial charge < -0.3 is 15.4 Å². The molecule has 0 aliphatic carbocycles. The standard InChI is InChI=1S/C15H21BrN2O2/c1-10(17)13-5-3-4-8-18(13)15(19)12-7-6-11(16)9-14(12)20-2/h6-7,9-10,13H,3-5,8,17H2,1-2H3. The molecule has 5 heteroatoms. The Morgan fingerprint density at radius 2 is 2.25 bits per heavy atom. The lowest BCUT2D eigenvalue weighted by Gasteiger charge is -2.38. The molecule has 2 rings (SSSR count). The van der Waals surface area contributed by atoms with Crippen molar-refractivity contribution in [2.24, 2.45) is 5.73 Å². The first-order valence-corrected chi connectivity index (χ1v) is 7.74. The summed E-state index contributed by atoms with van der Waals surface area (Å²) in [7, 11) is 1.58. The second-order valence-electron chi connectivity index (χ2n) is 5.27. The van der Waals surface area contributed by atoms with Gasteiger partial charge in [0.05, 0.1) is 12.7 Å². The molecular weight excluding hydrogens is 320 g/mol. The van der Waals surface area contributed by atoms with Crippen molar-refractivity contribution in [2.45, 2.75) is 38.3 Å². The predicted molar refractivity (Wildman–Crippen MR) is 83.0 cm³/mol. The van der Waals surface area contributed by atoms with Crippen LogP contribution in [0.3, 0.4) is 0 Å². The molecule has 110 valence electrons. The summed E-state index contributed by atoms with van der Waals surface area (Å²) in [6.07, 6.45) is 3.14. The molecule has 0 aromatic heterocycles. The van der Waals surface area contributed by atoms with Crippen LogP contribution in [0.2, 0.25) is 0 Å². The Bertz CT molecular complexity index is 491. The fourth-order valence-electron chi connectivity index (χ4n) is 2.75. The number of hydrogen-bond acceptors (Lipinski definition) is 3. The summed E-state index contributed by atoms with van der Waals surface area (Å²) in [6.45, 7) is 2.74. The Morgan fingerprint density at radius 1 is 1.50 bits per heavy atom. The minimum Gasteiger partial charge on any atom is -0.496 e. The lowest BCUT2D eigenvalue weighted by molar-refractivity contribution is 0.0580. The van der Waals surface area contributed by atoms with Gasteiger partial charge >= 0.3 is 0 Å². The topological polar surface area (TPSA) is 55.6 Å². The van der Waals surface area contributed by atoms with Gasteiger partial charge in [0, 0.05) is 23.1 Å². The highest BCUT2D eigenvalue weighted by Gasteiger charge is 2.31. The van der Waals surface area contributed by atoms with E-state index in [1.807, 2.05) is 24.0 Å². The van der Waals surface area contributed by atoms with Crippen LogP contribution < -0.4 is 10.5 Å². The van der Waals surface area contributed by atoms with Crippen LogP contribution in [-0.4, -0.2) is 36.5 Å². The van der Waals surface area contributed by atoms with Crippen LogP contribution in [0.1, 0.15) is 36.5 Å². The number of rotatable bonds is 3. The van der Waals surface area contributed by atoms with Crippen molar-refractivity contribution in [1.29, 1.82) is 0 Å². The van der Waals surface area contributed by atoms with Crippen molar-refractivity contribution in [1.82, 2.24) is 4.90 Å². The van der Waals surface area contributed by atoms with Crippen LogP contribution in [0.15, 0.2) is 22.7 Å². The number of likely N-dealkylation sites (tertiary alicyclic amines) is 1. The van der Waals surface area contributed by atoms with E-state index < -0.39 is 0 Å². The molecule has 2 N–H and O–H groups in total. The molecule has 20 heavy (non-hydrogen) atoms. The van der Waals surface area contributed by atoms with Crippen LogP contribution in [-0.2, 0) is 0 Å². The van der Waals surface area contributed by atoms with Crippen molar-refractivity contribution in [2.75, 3.05) is 13.7 Å². The van der Waals surface area contributed by atoms with E-state index in [4.69, 9.17) is 10.5 Å². The molecule has 1 fully saturated rings. The largest absolute Gasteiger partial charge is 0.496 e. The number of amides is 1. The van der Waals surface area contributed by atoms with Gasteiger partial charge in [-0.2, -0.15) is 0 Å². The van der Waals surface area contributed by atoms with Gasteiger partial charge in [0.15, 0.2) is 0 Å². The van der Waals surface area contributed by atoms with Crippen molar-refractivity contribution < 1.29 is 9.53 Å². The van der Waals surface area contributed by atoms with Crippen molar-refractivity contribution in [3.63, 3.8) is 0 Å². The number of carbonyl (C=O) groups excluding carboxylic acids is 1. The second kappa shape index (κ2) is 6.59. The number of nitrogens with two attached hydrogens (primary N) is 1. The van der Waals surface area contributed by atoms with Gasteiger partial charge in [0.2, 0.25) is 0 Å². The highest BCUT2D eigenvalue weighted by Crippen LogP contribution is 2.28. The first-order chi connectivity index (χ1) is 9.54. The van der Waals surface area contributed by atoms with Crippen LogP contribution >= 0.6 is 15.9 Å². The number of carbonyl (C=O) groups is 1. The van der Waals surface area contributed by atoms with E-state index in [9.17, 15) is 4.79 Å². The summed E-state index contributed by atoms with van der Waals surface area (Å²) in [5, 5.41) is 0. The maximum atomic E-state index is 12.8. The van der Waals surface area contributed by atoms with Gasteiger partial charge in [0.25, 0.3) is 5.91 Å². The highest BCUT2D eigenvalue weighted by atomic mass is 79.9. The van der Waals surface area contributed by atoms with Crippen molar-refractivity contribution in [3.05, 3.63) is 28.2 Å². The van der Waals surface area contributed by atoms with Crippen LogP contribution in [0.5, 0.6) is 5.75 Å². The average molecular weight is 341 g/mol. The van der Waals surface area contributed by atoms with E-state index in [1.165, 1.54) is 0 Å². The summed E-state index contributed by atoms with van der Waals surface area (Å²) in [6, 6.07) is 5.59. The predicted octanol–water partition coefficient (Wildman–Crippen LogP) is 2.80. The fourth-order valence-corrected chi connectivity index (χ4v) is 3.09. The molecule has 0 saturated carbocycles. The summed E-state index contributed by atoms with van der Waals surface area (Å²) >= 11 is 3.39. The van der Waals surface area contributed by atoms with Crippen molar-refractivity contribution >= 4 is 21.8 Å². The Morgan fingerprint density at radius 3 is 2.90 bits per heavy atom. The van der Waals surface area contributed by atoms with Gasteiger partial charge in [-0.3, -0.25) is 4.79 Å². The molecule has 1 aliphatic heterocycles. The number of halogens is 1. The lowest BCUT2D eigenvalue weighted by Crippen LogP contribution is -2.51.